The van der Waals surface area contributed by atoms with Gasteiger partial charge in [-0.05, 0) is 59.6 Å². The van der Waals surface area contributed by atoms with Crippen LogP contribution >= 0.6 is 0 Å². The zero-order valence-corrected chi connectivity index (χ0v) is 21.0. The normalized spacial score (nSPS) is 11.2. The van der Waals surface area contributed by atoms with Crippen molar-refractivity contribution in [3.63, 3.8) is 0 Å². The Labute approximate surface area is 205 Å². The van der Waals surface area contributed by atoms with Gasteiger partial charge in [0.1, 0.15) is 0 Å². The molecule has 3 rings (SSSR count). The van der Waals surface area contributed by atoms with Gasteiger partial charge in [-0.15, -0.1) is 0 Å². The first-order valence-corrected chi connectivity index (χ1v) is 13.3. The smallest absolute Gasteiger partial charge is 0.166 e. The van der Waals surface area contributed by atoms with Crippen LogP contribution in [0.25, 0.3) is 22.3 Å². The fraction of sp³-hybridized carbons (Fsp3) is 0.438. The summed E-state index contributed by atoms with van der Waals surface area (Å²) in [6, 6.07) is 19.8. The third kappa shape index (κ3) is 7.26. The van der Waals surface area contributed by atoms with E-state index in [1.807, 2.05) is 48.5 Å². The molecule has 0 bridgehead atoms. The van der Waals surface area contributed by atoms with Crippen LogP contribution in [0.4, 0.5) is 8.78 Å². The summed E-state index contributed by atoms with van der Waals surface area (Å²) in [5, 5.41) is 0. The van der Waals surface area contributed by atoms with Gasteiger partial charge in [-0.2, -0.15) is 0 Å². The summed E-state index contributed by atoms with van der Waals surface area (Å²) in [7, 11) is 0. The number of halogens is 2. The molecule has 2 heteroatoms. The predicted molar refractivity (Wildman–Crippen MR) is 142 cm³/mol. The van der Waals surface area contributed by atoms with Crippen molar-refractivity contribution in [1.82, 2.24) is 0 Å². The van der Waals surface area contributed by atoms with E-state index in [1.165, 1.54) is 38.5 Å². The van der Waals surface area contributed by atoms with Crippen molar-refractivity contribution in [3.8, 4) is 22.3 Å². The Hall–Kier alpha value is -2.48. The van der Waals surface area contributed by atoms with Gasteiger partial charge in [0.15, 0.2) is 11.6 Å². The van der Waals surface area contributed by atoms with Gasteiger partial charge in [0, 0.05) is 5.56 Å². The Morgan fingerprint density at radius 1 is 0.529 bits per heavy atom. The topological polar surface area (TPSA) is 0 Å². The van der Waals surface area contributed by atoms with Gasteiger partial charge < -0.3 is 0 Å². The van der Waals surface area contributed by atoms with E-state index in [9.17, 15) is 0 Å². The fourth-order valence-electron chi connectivity index (χ4n) is 4.72. The average molecular weight is 463 g/mol. The molecule has 0 heterocycles. The standard InChI is InChI=1S/C32H40F2/c1-3-5-7-9-10-15-19-29-28(18-12-8-6-4-2)24-30(32(34)31(29)33)27-22-20-26(21-23-27)25-16-13-11-14-17-25/h11,13-14,16-17,20-24H,3-10,12,15,18-19H2,1-2H3. The molecular weight excluding hydrogens is 422 g/mol. The van der Waals surface area contributed by atoms with Crippen LogP contribution in [-0.2, 0) is 12.8 Å². The van der Waals surface area contributed by atoms with Crippen molar-refractivity contribution >= 4 is 0 Å². The minimum absolute atomic E-state index is 0.384. The van der Waals surface area contributed by atoms with E-state index >= 15 is 8.78 Å². The molecule has 0 aliphatic carbocycles. The quantitative estimate of drug-likeness (QED) is 0.209. The summed E-state index contributed by atoms with van der Waals surface area (Å²) >= 11 is 0. The van der Waals surface area contributed by atoms with Crippen molar-refractivity contribution in [2.75, 3.05) is 0 Å². The van der Waals surface area contributed by atoms with Gasteiger partial charge in [0.25, 0.3) is 0 Å². The molecule has 0 unspecified atom stereocenters. The molecule has 0 radical (unpaired) electrons. The van der Waals surface area contributed by atoms with Crippen LogP contribution in [0.3, 0.4) is 0 Å². The maximum atomic E-state index is 15.4. The second-order valence-electron chi connectivity index (χ2n) is 9.46. The Morgan fingerprint density at radius 3 is 1.74 bits per heavy atom. The number of hydrogen-bond acceptors (Lipinski definition) is 0. The third-order valence-electron chi connectivity index (χ3n) is 6.78. The maximum absolute atomic E-state index is 15.4. The third-order valence-corrected chi connectivity index (χ3v) is 6.78. The second-order valence-corrected chi connectivity index (χ2v) is 9.46. The Bertz CT molecular complexity index is 990. The molecule has 0 spiro atoms. The zero-order valence-electron chi connectivity index (χ0n) is 21.0. The minimum atomic E-state index is -0.703. The second kappa shape index (κ2) is 14.0. The molecule has 0 N–H and O–H groups in total. The van der Waals surface area contributed by atoms with Crippen LogP contribution in [0.5, 0.6) is 0 Å². The largest absolute Gasteiger partial charge is 0.203 e. The molecule has 182 valence electrons. The van der Waals surface area contributed by atoms with E-state index in [0.717, 1.165) is 54.4 Å². The van der Waals surface area contributed by atoms with Gasteiger partial charge in [0.2, 0.25) is 0 Å². The van der Waals surface area contributed by atoms with Gasteiger partial charge >= 0.3 is 0 Å². The minimum Gasteiger partial charge on any atom is -0.203 e. The first-order chi connectivity index (χ1) is 16.7. The van der Waals surface area contributed by atoms with Crippen molar-refractivity contribution in [1.29, 1.82) is 0 Å². The van der Waals surface area contributed by atoms with Crippen LogP contribution in [0.15, 0.2) is 60.7 Å². The molecule has 3 aromatic rings. The molecule has 0 saturated carbocycles. The lowest BCUT2D eigenvalue weighted by Crippen LogP contribution is -2.04. The molecule has 0 amide bonds. The van der Waals surface area contributed by atoms with Crippen molar-refractivity contribution < 1.29 is 8.78 Å². The molecule has 0 aromatic heterocycles. The molecular formula is C32H40F2. The molecule has 0 aliphatic rings. The van der Waals surface area contributed by atoms with E-state index in [2.05, 4.69) is 26.0 Å². The average Bonchev–Trinajstić information content (AvgIpc) is 2.88. The van der Waals surface area contributed by atoms with E-state index in [1.54, 1.807) is 0 Å². The van der Waals surface area contributed by atoms with Crippen LogP contribution in [-0.4, -0.2) is 0 Å². The molecule has 0 atom stereocenters. The van der Waals surface area contributed by atoms with Crippen LogP contribution in [0, 0.1) is 11.6 Å². The highest BCUT2D eigenvalue weighted by Gasteiger charge is 2.19. The lowest BCUT2D eigenvalue weighted by Gasteiger charge is -2.16. The van der Waals surface area contributed by atoms with Gasteiger partial charge in [-0.1, -0.05) is 120 Å². The number of rotatable bonds is 14. The van der Waals surface area contributed by atoms with Gasteiger partial charge in [0.05, 0.1) is 0 Å². The van der Waals surface area contributed by atoms with Crippen LogP contribution in [0.2, 0.25) is 0 Å². The summed E-state index contributed by atoms with van der Waals surface area (Å²) in [5.41, 5.74) is 4.91. The highest BCUT2D eigenvalue weighted by molar-refractivity contribution is 5.71. The Balaban J connectivity index is 1.83. The van der Waals surface area contributed by atoms with Gasteiger partial charge in [-0.3, -0.25) is 0 Å². The van der Waals surface area contributed by atoms with E-state index in [0.29, 0.717) is 17.5 Å². The molecule has 0 aliphatic heterocycles. The predicted octanol–water partition coefficient (Wildman–Crippen LogP) is 10.3. The van der Waals surface area contributed by atoms with Crippen molar-refractivity contribution in [2.45, 2.75) is 90.9 Å². The number of unbranched alkanes of at least 4 members (excludes halogenated alkanes) is 8. The summed E-state index contributed by atoms with van der Waals surface area (Å²) < 4.78 is 30.7. The van der Waals surface area contributed by atoms with Gasteiger partial charge in [-0.25, -0.2) is 8.78 Å². The van der Waals surface area contributed by atoms with Crippen LogP contribution in [0.1, 0.15) is 89.2 Å². The molecule has 0 nitrogen and oxygen atoms in total. The number of benzene rings is 3. The Morgan fingerprint density at radius 2 is 1.06 bits per heavy atom. The number of hydrogen-bond donors (Lipinski definition) is 0. The van der Waals surface area contributed by atoms with Crippen molar-refractivity contribution in [2.24, 2.45) is 0 Å². The van der Waals surface area contributed by atoms with E-state index in [-0.39, 0.29) is 0 Å². The van der Waals surface area contributed by atoms with E-state index in [4.69, 9.17) is 0 Å². The fourth-order valence-corrected chi connectivity index (χ4v) is 4.72. The Kier molecular flexibility index (Phi) is 10.8. The summed E-state index contributed by atoms with van der Waals surface area (Å²) in [6.45, 7) is 4.40. The first-order valence-electron chi connectivity index (χ1n) is 13.3. The van der Waals surface area contributed by atoms with E-state index < -0.39 is 11.6 Å². The first kappa shape index (κ1) is 26.1. The number of aryl methyl sites for hydroxylation is 1. The lowest BCUT2D eigenvalue weighted by atomic mass is 9.91. The van der Waals surface area contributed by atoms with Crippen molar-refractivity contribution in [3.05, 3.63) is 83.4 Å². The SMILES string of the molecule is CCCCCCCCc1c(CCCCCC)cc(-c2ccc(-c3ccccc3)cc2)c(F)c1F. The molecule has 0 fully saturated rings. The summed E-state index contributed by atoms with van der Waals surface area (Å²) in [4.78, 5) is 0. The maximum Gasteiger partial charge on any atom is 0.166 e. The van der Waals surface area contributed by atoms with Crippen LogP contribution < -0.4 is 0 Å². The lowest BCUT2D eigenvalue weighted by molar-refractivity contribution is 0.494. The summed E-state index contributed by atoms with van der Waals surface area (Å²) in [5.74, 6) is -1.34. The monoisotopic (exact) mass is 462 g/mol. The molecule has 34 heavy (non-hydrogen) atoms. The molecule has 0 saturated heterocycles. The zero-order chi connectivity index (χ0) is 24.2. The highest BCUT2D eigenvalue weighted by Crippen LogP contribution is 2.32. The summed E-state index contributed by atoms with van der Waals surface area (Å²) in [6.07, 6.45) is 12.8. The highest BCUT2D eigenvalue weighted by atomic mass is 19.2. The molecule has 3 aromatic carbocycles.